The fraction of sp³-hybridized carbons (Fsp3) is 0.333. The molecule has 0 unspecified atom stereocenters. The molecule has 7 nitrogen and oxygen atoms in total. The minimum Gasteiger partial charge on any atom is -0.480 e. The van der Waals surface area contributed by atoms with Crippen molar-refractivity contribution in [2.75, 3.05) is 5.75 Å². The predicted octanol–water partition coefficient (Wildman–Crippen LogP) is -0.00528. The number of aliphatic carboxylic acids is 1. The molecule has 110 valence electrons. The molecule has 3 N–H and O–H groups in total. The van der Waals surface area contributed by atoms with Gasteiger partial charge in [-0.2, -0.15) is 8.42 Å². The highest BCUT2D eigenvalue weighted by atomic mass is 32.2. The predicted molar refractivity (Wildman–Crippen MR) is 70.9 cm³/mol. The molecule has 0 saturated heterocycles. The van der Waals surface area contributed by atoms with Crippen LogP contribution in [-0.2, 0) is 26.1 Å². The van der Waals surface area contributed by atoms with Crippen LogP contribution in [0.15, 0.2) is 24.3 Å². The molecule has 1 aromatic rings. The number of aryl methyl sites for hydroxylation is 1. The van der Waals surface area contributed by atoms with Gasteiger partial charge in [-0.15, -0.1) is 0 Å². The number of hydrogen-bond acceptors (Lipinski definition) is 4. The maximum absolute atomic E-state index is 11.6. The normalized spacial score (nSPS) is 12.7. The molecule has 0 aromatic heterocycles. The van der Waals surface area contributed by atoms with Gasteiger partial charge in [0.15, 0.2) is 0 Å². The molecule has 1 rings (SSSR count). The molecule has 0 radical (unpaired) electrons. The first-order chi connectivity index (χ1) is 9.17. The molecule has 0 aliphatic heterocycles. The summed E-state index contributed by atoms with van der Waals surface area (Å²) in [5, 5.41) is 10.9. The van der Waals surface area contributed by atoms with E-state index in [1.54, 1.807) is 24.3 Å². The van der Waals surface area contributed by atoms with Gasteiger partial charge in [0.05, 0.1) is 6.42 Å². The van der Waals surface area contributed by atoms with Crippen molar-refractivity contribution < 1.29 is 27.7 Å². The van der Waals surface area contributed by atoms with Gasteiger partial charge in [0.1, 0.15) is 11.8 Å². The Morgan fingerprint density at radius 2 is 1.80 bits per heavy atom. The number of nitrogens with one attached hydrogen (secondary N) is 1. The lowest BCUT2D eigenvalue weighted by molar-refractivity contribution is -0.141. The summed E-state index contributed by atoms with van der Waals surface area (Å²) in [7, 11) is -4.49. The van der Waals surface area contributed by atoms with Gasteiger partial charge in [0.2, 0.25) is 5.91 Å². The van der Waals surface area contributed by atoms with Crippen LogP contribution in [0, 0.1) is 6.92 Å². The molecule has 0 saturated carbocycles. The van der Waals surface area contributed by atoms with Crippen LogP contribution in [0.4, 0.5) is 0 Å². The van der Waals surface area contributed by atoms with Crippen molar-refractivity contribution in [1.82, 2.24) is 5.32 Å². The molecule has 0 aliphatic rings. The van der Waals surface area contributed by atoms with Crippen molar-refractivity contribution in [1.29, 1.82) is 0 Å². The molecule has 20 heavy (non-hydrogen) atoms. The zero-order valence-corrected chi connectivity index (χ0v) is 11.6. The number of carboxylic acid groups (broad SMARTS) is 1. The Morgan fingerprint density at radius 3 is 2.25 bits per heavy atom. The van der Waals surface area contributed by atoms with Crippen molar-refractivity contribution in [3.8, 4) is 0 Å². The van der Waals surface area contributed by atoms with E-state index in [1.807, 2.05) is 6.92 Å². The summed E-state index contributed by atoms with van der Waals surface area (Å²) in [6.07, 6.45) is -0.0739. The summed E-state index contributed by atoms with van der Waals surface area (Å²) in [5.41, 5.74) is 1.69. The molecule has 0 bridgehead atoms. The van der Waals surface area contributed by atoms with Crippen molar-refractivity contribution in [2.24, 2.45) is 0 Å². The maximum Gasteiger partial charge on any atom is 0.327 e. The molecule has 0 heterocycles. The summed E-state index contributed by atoms with van der Waals surface area (Å²) in [6, 6.07) is 5.36. The number of amides is 1. The third-order valence-corrected chi connectivity index (χ3v) is 3.25. The van der Waals surface area contributed by atoms with Crippen LogP contribution < -0.4 is 5.32 Å². The Hall–Kier alpha value is -1.93. The van der Waals surface area contributed by atoms with Gasteiger partial charge in [0, 0.05) is 0 Å². The first-order valence-electron chi connectivity index (χ1n) is 5.70. The summed E-state index contributed by atoms with van der Waals surface area (Å²) < 4.78 is 30.0. The summed E-state index contributed by atoms with van der Waals surface area (Å²) >= 11 is 0. The number of hydrogen-bond donors (Lipinski definition) is 3. The fourth-order valence-electron chi connectivity index (χ4n) is 1.52. The van der Waals surface area contributed by atoms with Crippen molar-refractivity contribution in [3.63, 3.8) is 0 Å². The Kier molecular flexibility index (Phi) is 5.23. The third kappa shape index (κ3) is 5.81. The van der Waals surface area contributed by atoms with E-state index in [0.29, 0.717) is 5.56 Å². The quantitative estimate of drug-likeness (QED) is 0.636. The number of benzene rings is 1. The van der Waals surface area contributed by atoms with Gasteiger partial charge < -0.3 is 10.4 Å². The van der Waals surface area contributed by atoms with Gasteiger partial charge >= 0.3 is 5.97 Å². The highest BCUT2D eigenvalue weighted by Gasteiger charge is 2.25. The Labute approximate surface area is 116 Å². The first-order valence-corrected chi connectivity index (χ1v) is 7.31. The van der Waals surface area contributed by atoms with E-state index in [4.69, 9.17) is 9.66 Å². The molecule has 1 amide bonds. The van der Waals surface area contributed by atoms with E-state index < -0.39 is 33.8 Å². The van der Waals surface area contributed by atoms with Gasteiger partial charge in [-0.1, -0.05) is 29.8 Å². The highest BCUT2D eigenvalue weighted by Crippen LogP contribution is 2.04. The van der Waals surface area contributed by atoms with Gasteiger partial charge in [-0.25, -0.2) is 4.79 Å². The monoisotopic (exact) mass is 301 g/mol. The smallest absolute Gasteiger partial charge is 0.327 e. The lowest BCUT2D eigenvalue weighted by Gasteiger charge is -2.13. The highest BCUT2D eigenvalue weighted by molar-refractivity contribution is 7.85. The average Bonchev–Trinajstić information content (AvgIpc) is 2.29. The minimum atomic E-state index is -4.49. The molecule has 0 spiro atoms. The first kappa shape index (κ1) is 16.1. The van der Waals surface area contributed by atoms with Crippen LogP contribution in [-0.4, -0.2) is 41.7 Å². The van der Waals surface area contributed by atoms with E-state index in [2.05, 4.69) is 5.32 Å². The average molecular weight is 301 g/mol. The number of carbonyl (C=O) groups is 2. The fourth-order valence-corrected chi connectivity index (χ4v) is 2.17. The standard InChI is InChI=1S/C12H15NO6S/c1-8-2-4-9(5-3-8)6-11(14)13-10(12(15)16)7-20(17,18)19/h2-5,10H,6-7H2,1H3,(H,13,14)(H,15,16)(H,17,18,19)/t10-/m0/s1. The van der Waals surface area contributed by atoms with Crippen LogP contribution in [0.5, 0.6) is 0 Å². The lowest BCUT2D eigenvalue weighted by Crippen LogP contribution is -2.45. The van der Waals surface area contributed by atoms with Gasteiger partial charge in [-0.05, 0) is 12.5 Å². The van der Waals surface area contributed by atoms with Crippen LogP contribution >= 0.6 is 0 Å². The van der Waals surface area contributed by atoms with Gasteiger partial charge in [0.25, 0.3) is 10.1 Å². The second kappa shape index (κ2) is 6.49. The van der Waals surface area contributed by atoms with Crippen molar-refractivity contribution in [2.45, 2.75) is 19.4 Å². The van der Waals surface area contributed by atoms with Crippen LogP contribution in [0.1, 0.15) is 11.1 Å². The second-order valence-electron chi connectivity index (χ2n) is 4.37. The largest absolute Gasteiger partial charge is 0.480 e. The summed E-state index contributed by atoms with van der Waals surface area (Å²) in [5.74, 6) is -3.23. The molecule has 0 fully saturated rings. The zero-order chi connectivity index (χ0) is 15.3. The summed E-state index contributed by atoms with van der Waals surface area (Å²) in [4.78, 5) is 22.5. The van der Waals surface area contributed by atoms with E-state index in [0.717, 1.165) is 5.56 Å². The van der Waals surface area contributed by atoms with E-state index >= 15 is 0 Å². The molecular formula is C12H15NO6S. The lowest BCUT2D eigenvalue weighted by atomic mass is 10.1. The number of rotatable bonds is 6. The number of carboxylic acids is 1. The van der Waals surface area contributed by atoms with E-state index in [-0.39, 0.29) is 6.42 Å². The van der Waals surface area contributed by atoms with Crippen LogP contribution in [0.3, 0.4) is 0 Å². The van der Waals surface area contributed by atoms with Gasteiger partial charge in [-0.3, -0.25) is 9.35 Å². The van der Waals surface area contributed by atoms with Crippen molar-refractivity contribution >= 4 is 22.0 Å². The molecular weight excluding hydrogens is 286 g/mol. The van der Waals surface area contributed by atoms with Crippen LogP contribution in [0.25, 0.3) is 0 Å². The molecule has 8 heteroatoms. The Morgan fingerprint density at radius 1 is 1.25 bits per heavy atom. The SMILES string of the molecule is Cc1ccc(CC(=O)N[C@@H](CS(=O)(=O)O)C(=O)O)cc1. The second-order valence-corrected chi connectivity index (χ2v) is 5.87. The topological polar surface area (TPSA) is 121 Å². The zero-order valence-electron chi connectivity index (χ0n) is 10.7. The third-order valence-electron chi connectivity index (χ3n) is 2.50. The Balaban J connectivity index is 2.67. The summed E-state index contributed by atoms with van der Waals surface area (Å²) in [6.45, 7) is 1.89. The molecule has 0 aliphatic carbocycles. The van der Waals surface area contributed by atoms with E-state index in [1.165, 1.54) is 0 Å². The Bertz CT molecular complexity index is 593. The maximum atomic E-state index is 11.6. The van der Waals surface area contributed by atoms with Crippen molar-refractivity contribution in [3.05, 3.63) is 35.4 Å². The number of carbonyl (C=O) groups excluding carboxylic acids is 1. The minimum absolute atomic E-state index is 0.0739. The van der Waals surface area contributed by atoms with E-state index in [9.17, 15) is 18.0 Å². The molecule has 1 atom stereocenters. The molecule has 1 aromatic carbocycles. The van der Waals surface area contributed by atoms with Crippen LogP contribution in [0.2, 0.25) is 0 Å².